The third-order valence-corrected chi connectivity index (χ3v) is 8.98. The molecule has 5 unspecified atom stereocenters. The van der Waals surface area contributed by atoms with Crippen LogP contribution in [0.1, 0.15) is 64.4 Å². The highest BCUT2D eigenvalue weighted by Crippen LogP contribution is 2.65. The van der Waals surface area contributed by atoms with Gasteiger partial charge in [0.25, 0.3) is 0 Å². The molecule has 2 nitrogen and oxygen atoms in total. The van der Waals surface area contributed by atoms with E-state index in [1.165, 1.54) is 5.57 Å². The second kappa shape index (κ2) is 6.85. The lowest BCUT2D eigenvalue weighted by Crippen LogP contribution is -2.54. The summed E-state index contributed by atoms with van der Waals surface area (Å²) in [4.78, 5) is 12.0. The molecular weight excluding hydrogens is 356 g/mol. The number of rotatable bonds is 0. The van der Waals surface area contributed by atoms with Gasteiger partial charge in [-0.05, 0) is 86.3 Å². The molecule has 152 valence electrons. The van der Waals surface area contributed by atoms with Crippen molar-refractivity contribution in [2.45, 2.75) is 64.4 Å². The Morgan fingerprint density at radius 2 is 1.90 bits per heavy atom. The van der Waals surface area contributed by atoms with Crippen LogP contribution in [0, 0.1) is 46.8 Å². The molecule has 29 heavy (non-hydrogen) atoms. The first-order valence-corrected chi connectivity index (χ1v) is 11.5. The molecule has 0 aliphatic heterocycles. The van der Waals surface area contributed by atoms with Crippen molar-refractivity contribution in [2.75, 3.05) is 0 Å². The Hall–Kier alpha value is -1.85. The zero-order valence-electron chi connectivity index (χ0n) is 17.7. The van der Waals surface area contributed by atoms with Gasteiger partial charge in [-0.15, -0.1) is 0 Å². The zero-order valence-corrected chi connectivity index (χ0v) is 17.7. The van der Waals surface area contributed by atoms with Crippen LogP contribution in [0.3, 0.4) is 0 Å². The molecule has 3 saturated carbocycles. The van der Waals surface area contributed by atoms with Crippen molar-refractivity contribution >= 4 is 5.78 Å². The van der Waals surface area contributed by atoms with Gasteiger partial charge in [-0.1, -0.05) is 49.5 Å². The fourth-order valence-electron chi connectivity index (χ4n) is 7.51. The van der Waals surface area contributed by atoms with Crippen molar-refractivity contribution in [3.05, 3.63) is 47.5 Å². The fraction of sp³-hybridized carbons (Fsp3) is 0.593. The second-order valence-corrected chi connectivity index (χ2v) is 10.3. The predicted octanol–water partition coefficient (Wildman–Crippen LogP) is 5.16. The maximum Gasteiger partial charge on any atom is 0.155 e. The number of ketones is 1. The van der Waals surface area contributed by atoms with E-state index in [0.717, 1.165) is 50.5 Å². The Morgan fingerprint density at radius 3 is 2.69 bits per heavy atom. The molecule has 5 rings (SSSR count). The SMILES string of the molecule is CC1CC2=CC(=O)CCC2C2CC[C@@]3(C)C(CC[C@@]3(O)C#Cc3ccccc3)C12. The molecule has 0 amide bonds. The average Bonchev–Trinajstić information content (AvgIpc) is 2.98. The van der Waals surface area contributed by atoms with Gasteiger partial charge in [0.05, 0.1) is 0 Å². The topological polar surface area (TPSA) is 37.3 Å². The molecule has 0 saturated heterocycles. The number of benzene rings is 1. The Kier molecular flexibility index (Phi) is 4.52. The Morgan fingerprint density at radius 1 is 1.10 bits per heavy atom. The van der Waals surface area contributed by atoms with Crippen LogP contribution in [0.5, 0.6) is 0 Å². The lowest BCUT2D eigenvalue weighted by molar-refractivity contribution is -0.117. The second-order valence-electron chi connectivity index (χ2n) is 10.3. The van der Waals surface area contributed by atoms with E-state index in [9.17, 15) is 9.90 Å². The first-order valence-electron chi connectivity index (χ1n) is 11.5. The molecule has 3 fully saturated rings. The van der Waals surface area contributed by atoms with E-state index in [0.29, 0.717) is 35.4 Å². The van der Waals surface area contributed by atoms with Gasteiger partial charge in [0, 0.05) is 17.4 Å². The van der Waals surface area contributed by atoms with E-state index in [-0.39, 0.29) is 5.41 Å². The van der Waals surface area contributed by atoms with Crippen molar-refractivity contribution in [2.24, 2.45) is 35.0 Å². The van der Waals surface area contributed by atoms with Crippen LogP contribution >= 0.6 is 0 Å². The maximum absolute atomic E-state index is 12.0. The highest BCUT2D eigenvalue weighted by atomic mass is 16.3. The van der Waals surface area contributed by atoms with Crippen molar-refractivity contribution < 1.29 is 9.90 Å². The molecule has 4 aliphatic rings. The van der Waals surface area contributed by atoms with E-state index >= 15 is 0 Å². The van der Waals surface area contributed by atoms with Gasteiger partial charge in [0.1, 0.15) is 5.60 Å². The van der Waals surface area contributed by atoms with Crippen LogP contribution in [0.15, 0.2) is 42.0 Å². The third kappa shape index (κ3) is 2.93. The minimum absolute atomic E-state index is 0.129. The lowest BCUT2D eigenvalue weighted by atomic mass is 9.48. The van der Waals surface area contributed by atoms with Crippen LogP contribution in [-0.4, -0.2) is 16.5 Å². The lowest BCUT2D eigenvalue weighted by Gasteiger charge is -2.56. The Bertz CT molecular complexity index is 903. The summed E-state index contributed by atoms with van der Waals surface area (Å²) in [5.74, 6) is 9.98. The molecule has 1 N–H and O–H groups in total. The van der Waals surface area contributed by atoms with E-state index in [1.54, 1.807) is 0 Å². The van der Waals surface area contributed by atoms with Gasteiger partial charge in [0.15, 0.2) is 5.78 Å². The first-order chi connectivity index (χ1) is 13.9. The summed E-state index contributed by atoms with van der Waals surface area (Å²) in [5.41, 5.74) is 1.39. The molecule has 7 atom stereocenters. The van der Waals surface area contributed by atoms with Gasteiger partial charge < -0.3 is 5.11 Å². The molecule has 1 aromatic rings. The summed E-state index contributed by atoms with van der Waals surface area (Å²) >= 11 is 0. The number of aliphatic hydroxyl groups is 1. The molecule has 0 heterocycles. The normalized spacial score (nSPS) is 43.3. The quantitative estimate of drug-likeness (QED) is 0.624. The molecule has 4 aliphatic carbocycles. The monoisotopic (exact) mass is 388 g/mol. The van der Waals surface area contributed by atoms with Crippen molar-refractivity contribution in [3.8, 4) is 11.8 Å². The minimum Gasteiger partial charge on any atom is -0.377 e. The van der Waals surface area contributed by atoms with E-state index in [2.05, 4.69) is 25.7 Å². The summed E-state index contributed by atoms with van der Waals surface area (Å²) in [6, 6.07) is 10.0. The highest BCUT2D eigenvalue weighted by molar-refractivity contribution is 5.91. The number of carbonyl (C=O) groups excluding carboxylic acids is 1. The van der Waals surface area contributed by atoms with Crippen molar-refractivity contribution in [3.63, 3.8) is 0 Å². The third-order valence-electron chi connectivity index (χ3n) is 8.98. The van der Waals surface area contributed by atoms with Crippen LogP contribution in [-0.2, 0) is 4.79 Å². The van der Waals surface area contributed by atoms with E-state index < -0.39 is 5.60 Å². The summed E-state index contributed by atoms with van der Waals surface area (Å²) < 4.78 is 0. The molecule has 0 aromatic heterocycles. The summed E-state index contributed by atoms with van der Waals surface area (Å²) in [6.07, 6.45) is 8.88. The van der Waals surface area contributed by atoms with Gasteiger partial charge >= 0.3 is 0 Å². The van der Waals surface area contributed by atoms with Gasteiger partial charge in [-0.2, -0.15) is 0 Å². The number of allylic oxidation sites excluding steroid dienone is 1. The molecule has 0 bridgehead atoms. The molecule has 2 heteroatoms. The van der Waals surface area contributed by atoms with Crippen molar-refractivity contribution in [1.82, 2.24) is 0 Å². The van der Waals surface area contributed by atoms with Crippen LogP contribution in [0.4, 0.5) is 0 Å². The average molecular weight is 389 g/mol. The highest BCUT2D eigenvalue weighted by Gasteiger charge is 2.63. The van der Waals surface area contributed by atoms with Crippen molar-refractivity contribution in [1.29, 1.82) is 0 Å². The Balaban J connectivity index is 1.46. The van der Waals surface area contributed by atoms with E-state index in [1.807, 2.05) is 36.4 Å². The summed E-state index contributed by atoms with van der Waals surface area (Å²) in [6.45, 7) is 4.69. The zero-order chi connectivity index (χ0) is 20.2. The smallest absolute Gasteiger partial charge is 0.155 e. The first kappa shape index (κ1) is 19.1. The molecule has 0 spiro atoms. The van der Waals surface area contributed by atoms with E-state index in [4.69, 9.17) is 0 Å². The van der Waals surface area contributed by atoms with Gasteiger partial charge in [-0.3, -0.25) is 4.79 Å². The number of fused-ring (bicyclic) bond motifs is 5. The number of carbonyl (C=O) groups is 1. The minimum atomic E-state index is -0.892. The van der Waals surface area contributed by atoms with Gasteiger partial charge in [-0.25, -0.2) is 0 Å². The van der Waals surface area contributed by atoms with Crippen LogP contribution in [0.25, 0.3) is 0 Å². The van der Waals surface area contributed by atoms with Gasteiger partial charge in [0.2, 0.25) is 0 Å². The molecule has 0 radical (unpaired) electrons. The summed E-state index contributed by atoms with van der Waals surface area (Å²) in [5, 5.41) is 11.7. The number of hydrogen-bond acceptors (Lipinski definition) is 2. The fourth-order valence-corrected chi connectivity index (χ4v) is 7.51. The predicted molar refractivity (Wildman–Crippen MR) is 115 cm³/mol. The summed E-state index contributed by atoms with van der Waals surface area (Å²) in [7, 11) is 0. The molecular formula is C27H32O2. The Labute approximate surface area is 174 Å². The largest absolute Gasteiger partial charge is 0.377 e. The maximum atomic E-state index is 12.0. The standard InChI is InChI=1S/C27H32O2/c1-18-16-20-17-21(28)8-9-22(20)23-11-13-26(2)24(25(18)23)12-15-27(26,29)14-10-19-6-4-3-5-7-19/h3-7,17-18,22-25,29H,8-9,11-13,15-16H2,1-2H3/t18?,22?,23?,24?,25?,26-,27-/m0/s1. The number of hydrogen-bond donors (Lipinski definition) is 1. The van der Waals surface area contributed by atoms with Crippen LogP contribution < -0.4 is 0 Å². The molecule has 1 aromatic carbocycles. The van der Waals surface area contributed by atoms with Crippen LogP contribution in [0.2, 0.25) is 0 Å².